The highest BCUT2D eigenvalue weighted by atomic mass is 28.4. The van der Waals surface area contributed by atoms with E-state index in [0.29, 0.717) is 0 Å². The first-order valence-electron chi connectivity index (χ1n) is 13.0. The molecule has 0 saturated carbocycles. The van der Waals surface area contributed by atoms with E-state index >= 15 is 0 Å². The molecule has 0 aliphatic carbocycles. The zero-order valence-electron chi connectivity index (χ0n) is 19.2. The first-order valence-corrected chi connectivity index (χ1v) is 15.5. The Morgan fingerprint density at radius 1 is 0.519 bits per heavy atom. The van der Waals surface area contributed by atoms with E-state index in [1.54, 1.807) is 0 Å². The topological polar surface area (TPSA) is 9.23 Å². The molecule has 0 atom stereocenters. The Labute approximate surface area is 173 Å². The minimum atomic E-state index is -1.27. The third kappa shape index (κ3) is 13.9. The van der Waals surface area contributed by atoms with Gasteiger partial charge in [0.25, 0.3) is 0 Å². The van der Waals surface area contributed by atoms with Crippen LogP contribution in [0.15, 0.2) is 0 Å². The van der Waals surface area contributed by atoms with Crippen molar-refractivity contribution in [1.29, 1.82) is 0 Å². The van der Waals surface area contributed by atoms with Gasteiger partial charge in [0.15, 0.2) is 8.32 Å². The van der Waals surface area contributed by atoms with Crippen LogP contribution in [0.4, 0.5) is 0 Å². The fourth-order valence-corrected chi connectivity index (χ4v) is 8.55. The third-order valence-corrected chi connectivity index (χ3v) is 11.5. The molecule has 1 rings (SSSR count). The Morgan fingerprint density at radius 3 is 1.33 bits per heavy atom. The normalized spacial score (nSPS) is 16.7. The highest BCUT2D eigenvalue weighted by molar-refractivity contribution is 6.73. The first kappa shape index (κ1) is 25.2. The molecule has 1 saturated heterocycles. The Bertz CT molecular complexity index is 299. The summed E-state index contributed by atoms with van der Waals surface area (Å²) in [6.07, 6.45) is 27.5. The van der Waals surface area contributed by atoms with Crippen molar-refractivity contribution >= 4 is 8.32 Å². The van der Waals surface area contributed by atoms with E-state index in [1.165, 1.54) is 140 Å². The molecule has 0 N–H and O–H groups in total. The van der Waals surface area contributed by atoms with Crippen LogP contribution in [0, 0.1) is 0 Å². The monoisotopic (exact) mass is 396 g/mol. The average molecular weight is 397 g/mol. The van der Waals surface area contributed by atoms with Gasteiger partial charge in [0, 0.05) is 6.61 Å². The molecule has 0 unspecified atom stereocenters. The second-order valence-electron chi connectivity index (χ2n) is 9.25. The molecule has 1 nitrogen and oxygen atoms in total. The van der Waals surface area contributed by atoms with Crippen LogP contribution in [-0.2, 0) is 4.43 Å². The fraction of sp³-hybridized carbons (Fsp3) is 1.00. The summed E-state index contributed by atoms with van der Waals surface area (Å²) in [5.41, 5.74) is 0. The van der Waals surface area contributed by atoms with Crippen LogP contribution in [0.2, 0.25) is 18.1 Å². The van der Waals surface area contributed by atoms with Crippen LogP contribution in [-0.4, -0.2) is 14.9 Å². The Hall–Kier alpha value is 0.177. The van der Waals surface area contributed by atoms with Crippen LogP contribution < -0.4 is 0 Å². The van der Waals surface area contributed by atoms with Gasteiger partial charge in [-0.15, -0.1) is 0 Å². The van der Waals surface area contributed by atoms with Gasteiger partial charge >= 0.3 is 0 Å². The molecular formula is C25H52OSi. The van der Waals surface area contributed by atoms with E-state index in [-0.39, 0.29) is 0 Å². The zero-order chi connectivity index (χ0) is 19.5. The summed E-state index contributed by atoms with van der Waals surface area (Å²) in [5, 5.41) is 0. The molecule has 1 aliphatic heterocycles. The van der Waals surface area contributed by atoms with E-state index in [4.69, 9.17) is 4.43 Å². The smallest absolute Gasteiger partial charge is 0.192 e. The Morgan fingerprint density at radius 2 is 0.926 bits per heavy atom. The quantitative estimate of drug-likeness (QED) is 0.156. The average Bonchev–Trinajstić information content (AvgIpc) is 2.71. The summed E-state index contributed by atoms with van der Waals surface area (Å²) in [4.78, 5) is 0. The van der Waals surface area contributed by atoms with E-state index < -0.39 is 8.32 Å². The van der Waals surface area contributed by atoms with Gasteiger partial charge in [-0.05, 0) is 24.6 Å². The Balaban J connectivity index is 1.75. The molecule has 162 valence electrons. The zero-order valence-corrected chi connectivity index (χ0v) is 20.2. The minimum absolute atomic E-state index is 1.07. The summed E-state index contributed by atoms with van der Waals surface area (Å²) < 4.78 is 6.48. The molecule has 1 aliphatic rings. The second kappa shape index (κ2) is 18.2. The molecule has 0 aromatic rings. The van der Waals surface area contributed by atoms with Crippen molar-refractivity contribution in [2.24, 2.45) is 0 Å². The van der Waals surface area contributed by atoms with Crippen molar-refractivity contribution in [3.63, 3.8) is 0 Å². The lowest BCUT2D eigenvalue weighted by molar-refractivity contribution is 0.279. The maximum absolute atomic E-state index is 6.48. The summed E-state index contributed by atoms with van der Waals surface area (Å²) in [6, 6.07) is 4.25. The number of hydrogen-bond donors (Lipinski definition) is 0. The van der Waals surface area contributed by atoms with Gasteiger partial charge in [-0.3, -0.25) is 0 Å². The van der Waals surface area contributed by atoms with Crippen LogP contribution in [0.3, 0.4) is 0 Å². The molecule has 0 aromatic heterocycles. The number of unbranched alkanes of at least 4 members (excludes halogenated alkanes) is 15. The molecule has 0 aromatic carbocycles. The van der Waals surface area contributed by atoms with Crippen LogP contribution in [0.25, 0.3) is 0 Å². The molecule has 0 radical (unpaired) electrons. The van der Waals surface area contributed by atoms with E-state index in [1.807, 2.05) is 0 Å². The maximum Gasteiger partial charge on any atom is 0.192 e. The van der Waals surface area contributed by atoms with E-state index in [9.17, 15) is 0 Å². The molecule has 1 heterocycles. The lowest BCUT2D eigenvalue weighted by atomic mass is 10.0. The van der Waals surface area contributed by atoms with Crippen molar-refractivity contribution in [2.45, 2.75) is 154 Å². The van der Waals surface area contributed by atoms with Gasteiger partial charge in [-0.1, -0.05) is 129 Å². The largest absolute Gasteiger partial charge is 0.417 e. The van der Waals surface area contributed by atoms with Crippen LogP contribution >= 0.6 is 0 Å². The van der Waals surface area contributed by atoms with Crippen molar-refractivity contribution in [3.8, 4) is 0 Å². The maximum atomic E-state index is 6.48. The van der Waals surface area contributed by atoms with Crippen molar-refractivity contribution in [1.82, 2.24) is 0 Å². The highest BCUT2D eigenvalue weighted by Crippen LogP contribution is 2.32. The predicted molar refractivity (Wildman–Crippen MR) is 125 cm³/mol. The first-order chi connectivity index (χ1) is 13.3. The van der Waals surface area contributed by atoms with Crippen molar-refractivity contribution in [2.75, 3.05) is 6.61 Å². The van der Waals surface area contributed by atoms with Crippen molar-refractivity contribution < 1.29 is 4.43 Å². The van der Waals surface area contributed by atoms with Crippen LogP contribution in [0.5, 0.6) is 0 Å². The fourth-order valence-electron chi connectivity index (χ4n) is 4.73. The predicted octanol–water partition coefficient (Wildman–Crippen LogP) is 9.41. The third-order valence-electron chi connectivity index (χ3n) is 6.82. The molecule has 1 fully saturated rings. The summed E-state index contributed by atoms with van der Waals surface area (Å²) in [5.74, 6) is 0. The van der Waals surface area contributed by atoms with Gasteiger partial charge in [0.1, 0.15) is 0 Å². The van der Waals surface area contributed by atoms with Gasteiger partial charge in [-0.2, -0.15) is 0 Å². The van der Waals surface area contributed by atoms with Crippen molar-refractivity contribution in [3.05, 3.63) is 0 Å². The van der Waals surface area contributed by atoms with Gasteiger partial charge in [-0.25, -0.2) is 0 Å². The Kier molecular flexibility index (Phi) is 17.0. The molecule has 0 spiro atoms. The lowest BCUT2D eigenvalue weighted by Gasteiger charge is -2.34. The summed E-state index contributed by atoms with van der Waals surface area (Å²) in [7, 11) is -1.27. The highest BCUT2D eigenvalue weighted by Gasteiger charge is 2.34. The summed E-state index contributed by atoms with van der Waals surface area (Å²) in [6.45, 7) is 5.75. The summed E-state index contributed by atoms with van der Waals surface area (Å²) >= 11 is 0. The molecule has 0 bridgehead atoms. The minimum Gasteiger partial charge on any atom is -0.417 e. The standard InChI is InChI=1S/C25H52OSi/c1-3-5-6-7-8-9-10-11-12-13-14-15-16-17-18-20-23-26-27(4-2)24-21-19-22-25-27/h3-25H2,1-2H3. The second-order valence-corrected chi connectivity index (χ2v) is 13.6. The molecular weight excluding hydrogens is 344 g/mol. The molecule has 2 heteroatoms. The number of hydrogen-bond acceptors (Lipinski definition) is 1. The SMILES string of the molecule is CCCCCCCCCCCCCCCCCCO[Si]1(CC)CCCCC1. The van der Waals surface area contributed by atoms with Gasteiger partial charge in [0.2, 0.25) is 0 Å². The lowest BCUT2D eigenvalue weighted by Crippen LogP contribution is -2.39. The molecule has 0 amide bonds. The van der Waals surface area contributed by atoms with E-state index in [2.05, 4.69) is 13.8 Å². The van der Waals surface area contributed by atoms with E-state index in [0.717, 1.165) is 6.61 Å². The van der Waals surface area contributed by atoms with Crippen LogP contribution in [0.1, 0.15) is 136 Å². The molecule has 27 heavy (non-hydrogen) atoms. The van der Waals surface area contributed by atoms with Gasteiger partial charge in [0.05, 0.1) is 0 Å². The number of rotatable bonds is 19. The van der Waals surface area contributed by atoms with Gasteiger partial charge < -0.3 is 4.43 Å².